The minimum atomic E-state index is -4.51. The topological polar surface area (TPSA) is 76.3 Å². The van der Waals surface area contributed by atoms with Crippen LogP contribution >= 0.6 is 0 Å². The molecule has 0 amide bonds. The fourth-order valence-electron chi connectivity index (χ4n) is 1.26. The molecular formula is C11H11F3N2O2. The predicted molar refractivity (Wildman–Crippen MR) is 57.7 cm³/mol. The fraction of sp³-hybridized carbons (Fsp3) is 0.364. The van der Waals surface area contributed by atoms with E-state index in [2.05, 4.69) is 5.32 Å². The van der Waals surface area contributed by atoms with Gasteiger partial charge in [-0.15, -0.1) is 0 Å². The molecule has 0 aliphatic rings. The molecular weight excluding hydrogens is 249 g/mol. The molecule has 0 bridgehead atoms. The largest absolute Gasteiger partial charge is 0.416 e. The van der Waals surface area contributed by atoms with Crippen molar-refractivity contribution in [3.8, 4) is 6.07 Å². The first kappa shape index (κ1) is 14.3. The first-order chi connectivity index (χ1) is 8.38. The smallest absolute Gasteiger partial charge is 0.394 e. The molecule has 1 rings (SSSR count). The zero-order valence-electron chi connectivity index (χ0n) is 9.20. The van der Waals surface area contributed by atoms with Crippen molar-refractivity contribution in [2.75, 3.05) is 18.5 Å². The Morgan fingerprint density at radius 1 is 1.39 bits per heavy atom. The Morgan fingerprint density at radius 2 is 2.06 bits per heavy atom. The van der Waals surface area contributed by atoms with Crippen molar-refractivity contribution in [3.05, 3.63) is 29.3 Å². The first-order valence-electron chi connectivity index (χ1n) is 5.02. The van der Waals surface area contributed by atoms with Crippen molar-refractivity contribution >= 4 is 5.69 Å². The molecule has 0 heterocycles. The number of nitrogens with zero attached hydrogens (tertiary/aromatic N) is 1. The standard InChI is InChI=1S/C11H11F3N2O2/c12-11(13,14)8-1-2-10(7(3-8)4-15)16-5-9(18)6-17/h1-3,9,16-18H,5-6H2. The Labute approximate surface area is 101 Å². The lowest BCUT2D eigenvalue weighted by Crippen LogP contribution is -2.23. The van der Waals surface area contributed by atoms with Crippen LogP contribution < -0.4 is 5.32 Å². The second kappa shape index (κ2) is 5.71. The average molecular weight is 260 g/mol. The number of hydrogen-bond donors (Lipinski definition) is 3. The highest BCUT2D eigenvalue weighted by molar-refractivity contribution is 5.59. The molecule has 4 nitrogen and oxygen atoms in total. The van der Waals surface area contributed by atoms with Crippen LogP contribution in [0.15, 0.2) is 18.2 Å². The maximum atomic E-state index is 12.4. The SMILES string of the molecule is N#Cc1cc(C(F)(F)F)ccc1NCC(O)CO. The monoisotopic (exact) mass is 260 g/mol. The molecule has 0 spiro atoms. The van der Waals surface area contributed by atoms with E-state index >= 15 is 0 Å². The van der Waals surface area contributed by atoms with Crippen molar-refractivity contribution in [1.29, 1.82) is 5.26 Å². The van der Waals surface area contributed by atoms with Crippen LogP contribution in [0.3, 0.4) is 0 Å². The number of nitrogens with one attached hydrogen (secondary N) is 1. The van der Waals surface area contributed by atoms with Gasteiger partial charge in [0.15, 0.2) is 0 Å². The molecule has 1 atom stereocenters. The summed E-state index contributed by atoms with van der Waals surface area (Å²) in [6.07, 6.45) is -5.55. The van der Waals surface area contributed by atoms with E-state index in [-0.39, 0.29) is 17.8 Å². The molecule has 0 saturated heterocycles. The van der Waals surface area contributed by atoms with E-state index in [1.165, 1.54) is 0 Å². The number of alkyl halides is 3. The van der Waals surface area contributed by atoms with Crippen molar-refractivity contribution in [3.63, 3.8) is 0 Å². The summed E-state index contributed by atoms with van der Waals surface area (Å²) in [5.74, 6) is 0. The summed E-state index contributed by atoms with van der Waals surface area (Å²) >= 11 is 0. The number of benzene rings is 1. The lowest BCUT2D eigenvalue weighted by molar-refractivity contribution is -0.137. The maximum absolute atomic E-state index is 12.4. The van der Waals surface area contributed by atoms with Gasteiger partial charge in [0.05, 0.1) is 29.5 Å². The summed E-state index contributed by atoms with van der Waals surface area (Å²) in [7, 11) is 0. The summed E-state index contributed by atoms with van der Waals surface area (Å²) in [5.41, 5.74) is -0.903. The van der Waals surface area contributed by atoms with Crippen molar-refractivity contribution in [1.82, 2.24) is 0 Å². The van der Waals surface area contributed by atoms with Gasteiger partial charge < -0.3 is 15.5 Å². The Bertz CT molecular complexity index is 455. The maximum Gasteiger partial charge on any atom is 0.416 e. The molecule has 98 valence electrons. The number of aliphatic hydroxyl groups is 2. The van der Waals surface area contributed by atoms with Gasteiger partial charge in [0.25, 0.3) is 0 Å². The van der Waals surface area contributed by atoms with Crippen LogP contribution in [0, 0.1) is 11.3 Å². The molecule has 18 heavy (non-hydrogen) atoms. The average Bonchev–Trinajstić information content (AvgIpc) is 2.34. The number of aliphatic hydroxyl groups excluding tert-OH is 2. The molecule has 0 saturated carbocycles. The van der Waals surface area contributed by atoms with Gasteiger partial charge in [0.2, 0.25) is 0 Å². The van der Waals surface area contributed by atoms with Gasteiger partial charge in [0, 0.05) is 6.54 Å². The predicted octanol–water partition coefficient (Wildman–Crippen LogP) is 1.34. The molecule has 1 aromatic carbocycles. The van der Waals surface area contributed by atoms with Crippen LogP contribution in [0.5, 0.6) is 0 Å². The number of halogens is 3. The quantitative estimate of drug-likeness (QED) is 0.763. The van der Waals surface area contributed by atoms with Crippen LogP contribution in [0.2, 0.25) is 0 Å². The molecule has 0 aromatic heterocycles. The summed E-state index contributed by atoms with van der Waals surface area (Å²) in [6, 6.07) is 4.33. The minimum Gasteiger partial charge on any atom is -0.394 e. The Balaban J connectivity index is 2.92. The number of rotatable bonds is 4. The minimum absolute atomic E-state index is 0.0590. The highest BCUT2D eigenvalue weighted by atomic mass is 19.4. The molecule has 0 aliphatic heterocycles. The Kier molecular flexibility index (Phi) is 4.53. The van der Waals surface area contributed by atoms with E-state index in [1.54, 1.807) is 6.07 Å². The van der Waals surface area contributed by atoms with E-state index in [0.29, 0.717) is 0 Å². The third kappa shape index (κ3) is 3.61. The molecule has 0 aliphatic carbocycles. The Morgan fingerprint density at radius 3 is 2.56 bits per heavy atom. The molecule has 0 radical (unpaired) electrons. The normalized spacial score (nSPS) is 12.9. The number of hydrogen-bond acceptors (Lipinski definition) is 4. The van der Waals surface area contributed by atoms with Crippen molar-refractivity contribution in [2.24, 2.45) is 0 Å². The van der Waals surface area contributed by atoms with E-state index in [4.69, 9.17) is 15.5 Å². The Hall–Kier alpha value is -1.78. The molecule has 1 unspecified atom stereocenters. The zero-order chi connectivity index (χ0) is 13.8. The first-order valence-corrected chi connectivity index (χ1v) is 5.02. The van der Waals surface area contributed by atoms with Crippen molar-refractivity contribution < 1.29 is 23.4 Å². The van der Waals surface area contributed by atoms with Gasteiger partial charge in [0.1, 0.15) is 6.07 Å². The van der Waals surface area contributed by atoms with Gasteiger partial charge in [-0.05, 0) is 18.2 Å². The van der Waals surface area contributed by atoms with Gasteiger partial charge in [-0.3, -0.25) is 0 Å². The van der Waals surface area contributed by atoms with Crippen LogP contribution in [0.4, 0.5) is 18.9 Å². The zero-order valence-corrected chi connectivity index (χ0v) is 9.20. The highest BCUT2D eigenvalue weighted by Gasteiger charge is 2.31. The van der Waals surface area contributed by atoms with E-state index in [0.717, 1.165) is 18.2 Å². The van der Waals surface area contributed by atoms with Gasteiger partial charge in [-0.25, -0.2) is 0 Å². The second-order valence-corrected chi connectivity index (χ2v) is 3.59. The summed E-state index contributed by atoms with van der Waals surface area (Å²) in [4.78, 5) is 0. The fourth-order valence-corrected chi connectivity index (χ4v) is 1.26. The number of anilines is 1. The van der Waals surface area contributed by atoms with Crippen LogP contribution in [-0.4, -0.2) is 29.5 Å². The van der Waals surface area contributed by atoms with E-state index in [9.17, 15) is 13.2 Å². The van der Waals surface area contributed by atoms with Crippen LogP contribution in [-0.2, 0) is 6.18 Å². The van der Waals surface area contributed by atoms with Crippen molar-refractivity contribution in [2.45, 2.75) is 12.3 Å². The van der Waals surface area contributed by atoms with E-state index in [1.807, 2.05) is 0 Å². The number of nitriles is 1. The molecule has 3 N–H and O–H groups in total. The van der Waals surface area contributed by atoms with Crippen LogP contribution in [0.25, 0.3) is 0 Å². The highest BCUT2D eigenvalue weighted by Crippen LogP contribution is 2.31. The van der Waals surface area contributed by atoms with Crippen LogP contribution in [0.1, 0.15) is 11.1 Å². The van der Waals surface area contributed by atoms with Gasteiger partial charge in [-0.2, -0.15) is 18.4 Å². The lowest BCUT2D eigenvalue weighted by Gasteiger charge is -2.13. The summed E-state index contributed by atoms with van der Waals surface area (Å²) < 4.78 is 37.2. The van der Waals surface area contributed by atoms with Gasteiger partial charge >= 0.3 is 6.18 Å². The third-order valence-corrected chi connectivity index (χ3v) is 2.21. The molecule has 7 heteroatoms. The molecule has 0 fully saturated rings. The molecule has 1 aromatic rings. The summed E-state index contributed by atoms with van der Waals surface area (Å²) in [5, 5.41) is 29.0. The lowest BCUT2D eigenvalue weighted by atomic mass is 10.1. The second-order valence-electron chi connectivity index (χ2n) is 3.59. The van der Waals surface area contributed by atoms with Gasteiger partial charge in [-0.1, -0.05) is 0 Å². The van der Waals surface area contributed by atoms with E-state index < -0.39 is 24.5 Å². The summed E-state index contributed by atoms with van der Waals surface area (Å²) in [6.45, 7) is -0.536. The third-order valence-electron chi connectivity index (χ3n) is 2.21.